The van der Waals surface area contributed by atoms with Crippen molar-refractivity contribution in [3.8, 4) is 0 Å². The predicted octanol–water partition coefficient (Wildman–Crippen LogP) is 2.53. The largest absolute Gasteiger partial charge is 0.397 e. The fourth-order valence-electron chi connectivity index (χ4n) is 3.95. The lowest BCUT2D eigenvalue weighted by atomic mass is 9.78. The number of nitrogens with two attached hydrogens (primary N) is 1. The highest BCUT2D eigenvalue weighted by Gasteiger charge is 2.48. The summed E-state index contributed by atoms with van der Waals surface area (Å²) in [7, 11) is 0. The Kier molecular flexibility index (Phi) is 3.92. The lowest BCUT2D eigenvalue weighted by molar-refractivity contribution is -0.112. The molecule has 3 heterocycles. The number of fused-ring (bicyclic) bond motifs is 1. The van der Waals surface area contributed by atoms with E-state index >= 15 is 0 Å². The topological polar surface area (TPSA) is 80.8 Å². The van der Waals surface area contributed by atoms with Crippen molar-refractivity contribution in [2.45, 2.75) is 44.4 Å². The number of aldehydes is 1. The van der Waals surface area contributed by atoms with Gasteiger partial charge in [0.05, 0.1) is 11.2 Å². The Labute approximate surface area is 147 Å². The van der Waals surface area contributed by atoms with Gasteiger partial charge in [0.15, 0.2) is 6.29 Å². The number of aromatic nitrogens is 1. The van der Waals surface area contributed by atoms with Gasteiger partial charge in [-0.15, -0.1) is 0 Å². The maximum absolute atomic E-state index is 11.5. The maximum Gasteiger partial charge on any atom is 0.170 e. The van der Waals surface area contributed by atoms with Crippen LogP contribution in [0.5, 0.6) is 0 Å². The van der Waals surface area contributed by atoms with Crippen LogP contribution < -0.4 is 5.73 Å². The molecule has 1 fully saturated rings. The molecular formula is C19H22N4O2. The lowest BCUT2D eigenvalue weighted by Gasteiger charge is -2.43. The second-order valence-electron chi connectivity index (χ2n) is 7.00. The molecule has 0 saturated carbocycles. The number of nitrogens with zero attached hydrogens (tertiary/aromatic N) is 3. The van der Waals surface area contributed by atoms with Gasteiger partial charge in [-0.2, -0.15) is 5.10 Å². The molecule has 0 aromatic carbocycles. The number of allylic oxidation sites excluding steroid dienone is 2. The summed E-state index contributed by atoms with van der Waals surface area (Å²) in [5.74, 6) is 0. The molecular weight excluding hydrogens is 316 g/mol. The Morgan fingerprint density at radius 1 is 1.36 bits per heavy atom. The van der Waals surface area contributed by atoms with Gasteiger partial charge < -0.3 is 10.5 Å². The van der Waals surface area contributed by atoms with Crippen molar-refractivity contribution >= 4 is 23.3 Å². The Balaban J connectivity index is 1.71. The van der Waals surface area contributed by atoms with Gasteiger partial charge in [0, 0.05) is 31.0 Å². The predicted molar refractivity (Wildman–Crippen MR) is 96.7 cm³/mol. The zero-order chi connectivity index (χ0) is 17.4. The Hall–Kier alpha value is -2.47. The second kappa shape index (κ2) is 6.11. The zero-order valence-corrected chi connectivity index (χ0v) is 14.3. The summed E-state index contributed by atoms with van der Waals surface area (Å²) >= 11 is 0. The quantitative estimate of drug-likeness (QED) is 0.857. The first-order valence-electron chi connectivity index (χ1n) is 8.69. The number of hydrazone groups is 1. The van der Waals surface area contributed by atoms with Crippen LogP contribution in [0.15, 0.2) is 41.3 Å². The van der Waals surface area contributed by atoms with Gasteiger partial charge in [0.2, 0.25) is 0 Å². The third-order valence-electron chi connectivity index (χ3n) is 5.23. The van der Waals surface area contributed by atoms with E-state index in [1.165, 1.54) is 0 Å². The highest BCUT2D eigenvalue weighted by molar-refractivity contribution is 6.37. The maximum atomic E-state index is 11.5. The van der Waals surface area contributed by atoms with Gasteiger partial charge in [0.1, 0.15) is 11.9 Å². The van der Waals surface area contributed by atoms with E-state index in [-0.39, 0.29) is 6.23 Å². The lowest BCUT2D eigenvalue weighted by Crippen LogP contribution is -2.49. The van der Waals surface area contributed by atoms with E-state index in [0.717, 1.165) is 55.3 Å². The molecule has 6 heteroatoms. The van der Waals surface area contributed by atoms with E-state index in [1.54, 1.807) is 6.20 Å². The molecule has 1 aromatic heterocycles. The third kappa shape index (κ3) is 2.66. The molecule has 1 saturated heterocycles. The van der Waals surface area contributed by atoms with E-state index in [9.17, 15) is 4.79 Å². The normalized spacial score (nSPS) is 28.8. The molecule has 130 valence electrons. The van der Waals surface area contributed by atoms with Crippen molar-refractivity contribution in [2.75, 3.05) is 12.3 Å². The highest BCUT2D eigenvalue weighted by Crippen LogP contribution is 2.44. The molecule has 0 bridgehead atoms. The first-order chi connectivity index (χ1) is 12.1. The molecule has 0 amide bonds. The summed E-state index contributed by atoms with van der Waals surface area (Å²) in [6.45, 7) is 2.87. The van der Waals surface area contributed by atoms with Gasteiger partial charge in [-0.3, -0.25) is 14.8 Å². The van der Waals surface area contributed by atoms with Crippen LogP contribution in [0.25, 0.3) is 5.57 Å². The van der Waals surface area contributed by atoms with E-state index in [1.807, 2.05) is 29.4 Å². The zero-order valence-electron chi connectivity index (χ0n) is 14.3. The van der Waals surface area contributed by atoms with Gasteiger partial charge >= 0.3 is 0 Å². The number of carbonyl (C=O) groups is 1. The van der Waals surface area contributed by atoms with E-state index in [0.29, 0.717) is 11.4 Å². The summed E-state index contributed by atoms with van der Waals surface area (Å²) < 4.78 is 5.95. The van der Waals surface area contributed by atoms with Crippen LogP contribution in [0.1, 0.15) is 38.2 Å². The van der Waals surface area contributed by atoms with Gasteiger partial charge in [-0.1, -0.05) is 12.2 Å². The Morgan fingerprint density at radius 2 is 2.24 bits per heavy atom. The molecule has 25 heavy (non-hydrogen) atoms. The number of anilines is 1. The molecule has 2 N–H and O–H groups in total. The average molecular weight is 338 g/mol. The number of pyridine rings is 1. The number of nitrogen functional groups attached to an aromatic ring is 1. The van der Waals surface area contributed by atoms with E-state index < -0.39 is 5.54 Å². The SMILES string of the molecule is CC12CC(c3cncc(N)c3)=CC=C1C(C=O)=NN2C1CCCCO1. The molecule has 2 aliphatic heterocycles. The molecule has 0 radical (unpaired) electrons. The summed E-state index contributed by atoms with van der Waals surface area (Å²) in [5.41, 5.74) is 9.72. The minimum Gasteiger partial charge on any atom is -0.397 e. The number of ether oxygens (including phenoxy) is 1. The molecule has 1 aromatic rings. The number of hydrogen-bond acceptors (Lipinski definition) is 6. The minimum absolute atomic E-state index is 0.0853. The van der Waals surface area contributed by atoms with Crippen LogP contribution in [0, 0.1) is 0 Å². The van der Waals surface area contributed by atoms with Crippen LogP contribution in [-0.4, -0.2) is 40.4 Å². The molecule has 0 spiro atoms. The van der Waals surface area contributed by atoms with E-state index in [4.69, 9.17) is 10.5 Å². The molecule has 2 unspecified atom stereocenters. The third-order valence-corrected chi connectivity index (χ3v) is 5.23. The monoisotopic (exact) mass is 338 g/mol. The van der Waals surface area contributed by atoms with Crippen LogP contribution in [0.4, 0.5) is 5.69 Å². The van der Waals surface area contributed by atoms with Crippen molar-refractivity contribution in [1.29, 1.82) is 0 Å². The van der Waals surface area contributed by atoms with Crippen molar-refractivity contribution in [2.24, 2.45) is 5.10 Å². The molecule has 6 nitrogen and oxygen atoms in total. The van der Waals surface area contributed by atoms with Crippen LogP contribution >= 0.6 is 0 Å². The van der Waals surface area contributed by atoms with Crippen molar-refractivity contribution < 1.29 is 9.53 Å². The first-order valence-corrected chi connectivity index (χ1v) is 8.69. The molecule has 2 atom stereocenters. The van der Waals surface area contributed by atoms with E-state index in [2.05, 4.69) is 17.0 Å². The van der Waals surface area contributed by atoms with Gasteiger partial charge in [-0.25, -0.2) is 0 Å². The van der Waals surface area contributed by atoms with Crippen molar-refractivity contribution in [1.82, 2.24) is 9.99 Å². The summed E-state index contributed by atoms with van der Waals surface area (Å²) in [4.78, 5) is 15.7. The van der Waals surface area contributed by atoms with Crippen LogP contribution in [-0.2, 0) is 9.53 Å². The second-order valence-corrected chi connectivity index (χ2v) is 7.00. The summed E-state index contributed by atoms with van der Waals surface area (Å²) in [6.07, 6.45) is 12.1. The molecule has 1 aliphatic carbocycles. The first kappa shape index (κ1) is 16.0. The standard InChI is InChI=1S/C19H22N4O2/c1-19-9-13(14-8-15(20)11-21-10-14)5-6-16(19)17(12-24)22-23(19)18-4-2-3-7-25-18/h5-6,8,10-12,18H,2-4,7,9,20H2,1H3. The van der Waals surface area contributed by atoms with Crippen molar-refractivity contribution in [3.05, 3.63) is 41.7 Å². The highest BCUT2D eigenvalue weighted by atomic mass is 16.5. The molecule has 3 aliphatic rings. The number of carbonyl (C=O) groups excluding carboxylic acids is 1. The minimum atomic E-state index is -0.396. The molecule has 4 rings (SSSR count). The van der Waals surface area contributed by atoms with Crippen LogP contribution in [0.3, 0.4) is 0 Å². The van der Waals surface area contributed by atoms with Crippen LogP contribution in [0.2, 0.25) is 0 Å². The summed E-state index contributed by atoms with van der Waals surface area (Å²) in [6, 6.07) is 1.93. The fourth-order valence-corrected chi connectivity index (χ4v) is 3.95. The van der Waals surface area contributed by atoms with Crippen molar-refractivity contribution in [3.63, 3.8) is 0 Å². The fraction of sp³-hybridized carbons (Fsp3) is 0.421. The van der Waals surface area contributed by atoms with Gasteiger partial charge in [-0.05, 0) is 43.4 Å². The Morgan fingerprint density at radius 3 is 2.96 bits per heavy atom. The summed E-state index contributed by atoms with van der Waals surface area (Å²) in [5, 5.41) is 6.60. The number of rotatable bonds is 3. The number of hydrogen-bond donors (Lipinski definition) is 1. The van der Waals surface area contributed by atoms with Gasteiger partial charge in [0.25, 0.3) is 0 Å². The Bertz CT molecular complexity index is 792. The smallest absolute Gasteiger partial charge is 0.170 e. The average Bonchev–Trinajstić information content (AvgIpc) is 2.94.